The summed E-state index contributed by atoms with van der Waals surface area (Å²) in [5, 5.41) is 14.3. The zero-order valence-corrected chi connectivity index (χ0v) is 17.7. The lowest BCUT2D eigenvalue weighted by Crippen LogP contribution is -2.39. The number of rotatable bonds is 3. The minimum absolute atomic E-state index is 0.0218. The zero-order valence-electron chi connectivity index (χ0n) is 16.2. The van der Waals surface area contributed by atoms with E-state index in [9.17, 15) is 24.1 Å². The van der Waals surface area contributed by atoms with Crippen LogP contribution in [0.25, 0.3) is 0 Å². The molecule has 1 N–H and O–H groups in total. The Morgan fingerprint density at radius 3 is 2.50 bits per heavy atom. The van der Waals surface area contributed by atoms with Gasteiger partial charge in [0, 0.05) is 27.9 Å². The molecule has 3 aromatic carbocycles. The molecule has 1 heterocycles. The van der Waals surface area contributed by atoms with Gasteiger partial charge >= 0.3 is 0 Å². The number of hydrogen-bond donors (Lipinski definition) is 1. The molecule has 2 amide bonds. The molecule has 1 unspecified atom stereocenters. The molecule has 1 aliphatic heterocycles. The summed E-state index contributed by atoms with van der Waals surface area (Å²) in [5.74, 6) is -1.56. The first kappa shape index (κ1) is 21.7. The SMILES string of the molecule is O=C1CN(C(=O)c2ccc(Cl)c([N+](=O)[O-])c2)C(c2ccc(F)cc2)c2cc(Cl)ccc2N1. The number of benzene rings is 3. The number of halogens is 3. The van der Waals surface area contributed by atoms with E-state index in [0.717, 1.165) is 6.07 Å². The summed E-state index contributed by atoms with van der Waals surface area (Å²) in [6, 6.07) is 13.2. The topological polar surface area (TPSA) is 92.5 Å². The van der Waals surface area contributed by atoms with Crippen LogP contribution in [-0.4, -0.2) is 28.2 Å². The minimum Gasteiger partial charge on any atom is -0.324 e. The highest BCUT2D eigenvalue weighted by molar-refractivity contribution is 6.32. The van der Waals surface area contributed by atoms with Crippen molar-refractivity contribution in [3.8, 4) is 0 Å². The van der Waals surface area contributed by atoms with Gasteiger partial charge in [-0.05, 0) is 48.0 Å². The molecule has 0 aromatic heterocycles. The van der Waals surface area contributed by atoms with Crippen LogP contribution < -0.4 is 5.32 Å². The van der Waals surface area contributed by atoms with E-state index in [-0.39, 0.29) is 17.1 Å². The van der Waals surface area contributed by atoms with Gasteiger partial charge in [-0.2, -0.15) is 0 Å². The maximum Gasteiger partial charge on any atom is 0.288 e. The van der Waals surface area contributed by atoms with Crippen LogP contribution in [0.2, 0.25) is 10.0 Å². The van der Waals surface area contributed by atoms with Crippen molar-refractivity contribution in [2.75, 3.05) is 11.9 Å². The first-order valence-electron chi connectivity index (χ1n) is 9.34. The quantitative estimate of drug-likeness (QED) is 0.416. The van der Waals surface area contributed by atoms with Crippen LogP contribution in [-0.2, 0) is 4.79 Å². The molecule has 0 saturated carbocycles. The van der Waals surface area contributed by atoms with Crippen molar-refractivity contribution in [3.05, 3.63) is 103 Å². The van der Waals surface area contributed by atoms with Crippen LogP contribution in [0, 0.1) is 15.9 Å². The molecule has 0 aliphatic carbocycles. The Bertz CT molecular complexity index is 1250. The molecule has 3 aromatic rings. The van der Waals surface area contributed by atoms with Crippen molar-refractivity contribution in [3.63, 3.8) is 0 Å². The molecule has 0 fully saturated rings. The van der Waals surface area contributed by atoms with Crippen molar-refractivity contribution < 1.29 is 18.9 Å². The van der Waals surface area contributed by atoms with Gasteiger partial charge in [0.15, 0.2) is 0 Å². The molecule has 162 valence electrons. The Kier molecular flexibility index (Phi) is 5.82. The number of carbonyl (C=O) groups excluding carboxylic acids is 2. The van der Waals surface area contributed by atoms with Crippen LogP contribution in [0.15, 0.2) is 60.7 Å². The number of nitro groups is 1. The first-order valence-corrected chi connectivity index (χ1v) is 10.1. The lowest BCUT2D eigenvalue weighted by atomic mass is 9.95. The largest absolute Gasteiger partial charge is 0.324 e. The Morgan fingerprint density at radius 1 is 1.09 bits per heavy atom. The van der Waals surface area contributed by atoms with Gasteiger partial charge in [-0.3, -0.25) is 19.7 Å². The number of nitro benzene ring substituents is 1. The number of nitrogens with zero attached hydrogens (tertiary/aromatic N) is 2. The summed E-state index contributed by atoms with van der Waals surface area (Å²) >= 11 is 12.1. The molecule has 32 heavy (non-hydrogen) atoms. The number of anilines is 1. The van der Waals surface area contributed by atoms with E-state index >= 15 is 0 Å². The number of carbonyl (C=O) groups is 2. The first-order chi connectivity index (χ1) is 15.2. The standard InChI is InChI=1S/C22H14Cl2FN3O4/c23-14-4-8-18-16(10-14)21(12-1-5-15(25)6-2-12)27(11-20(29)26-18)22(30)13-3-7-17(24)19(9-13)28(31)32/h1-10,21H,11H2,(H,26,29). The molecule has 1 aliphatic rings. The van der Waals surface area contributed by atoms with E-state index < -0.39 is 34.3 Å². The van der Waals surface area contributed by atoms with Gasteiger partial charge in [-0.1, -0.05) is 35.3 Å². The summed E-state index contributed by atoms with van der Waals surface area (Å²) in [7, 11) is 0. The predicted molar refractivity (Wildman–Crippen MR) is 117 cm³/mol. The second-order valence-electron chi connectivity index (χ2n) is 7.09. The average molecular weight is 474 g/mol. The molecule has 4 rings (SSSR count). The Hall–Kier alpha value is -3.49. The number of fused-ring (bicyclic) bond motifs is 1. The van der Waals surface area contributed by atoms with E-state index in [4.69, 9.17) is 23.2 Å². The Morgan fingerprint density at radius 2 is 1.81 bits per heavy atom. The fourth-order valence-corrected chi connectivity index (χ4v) is 3.99. The van der Waals surface area contributed by atoms with Crippen LogP contribution >= 0.6 is 23.2 Å². The third kappa shape index (κ3) is 4.15. The smallest absolute Gasteiger partial charge is 0.288 e. The predicted octanol–water partition coefficient (Wildman–Crippen LogP) is 5.22. The summed E-state index contributed by atoms with van der Waals surface area (Å²) in [6.45, 7) is -0.344. The minimum atomic E-state index is -0.814. The van der Waals surface area contributed by atoms with Gasteiger partial charge in [0.25, 0.3) is 11.6 Å². The summed E-state index contributed by atoms with van der Waals surface area (Å²) in [4.78, 5) is 38.0. The van der Waals surface area contributed by atoms with Gasteiger partial charge in [-0.15, -0.1) is 0 Å². The molecule has 0 spiro atoms. The normalized spacial score (nSPS) is 15.5. The Labute approximate surface area is 191 Å². The van der Waals surface area contributed by atoms with E-state index in [2.05, 4.69) is 5.32 Å². The van der Waals surface area contributed by atoms with Crippen LogP contribution in [0.3, 0.4) is 0 Å². The van der Waals surface area contributed by atoms with Crippen molar-refractivity contribution in [1.82, 2.24) is 4.90 Å². The number of nitrogens with one attached hydrogen (secondary N) is 1. The second-order valence-corrected chi connectivity index (χ2v) is 7.93. The molecule has 0 radical (unpaired) electrons. The molecule has 10 heteroatoms. The van der Waals surface area contributed by atoms with E-state index in [0.29, 0.717) is 21.8 Å². The third-order valence-corrected chi connectivity index (χ3v) is 5.60. The fourth-order valence-electron chi connectivity index (χ4n) is 3.62. The highest BCUT2D eigenvalue weighted by atomic mass is 35.5. The maximum atomic E-state index is 13.6. The van der Waals surface area contributed by atoms with Gasteiger partial charge in [0.1, 0.15) is 17.4 Å². The van der Waals surface area contributed by atoms with Gasteiger partial charge in [-0.25, -0.2) is 4.39 Å². The molecular weight excluding hydrogens is 460 g/mol. The second kappa shape index (κ2) is 8.57. The molecule has 1 atom stereocenters. The maximum absolute atomic E-state index is 13.6. The lowest BCUT2D eigenvalue weighted by molar-refractivity contribution is -0.384. The Balaban J connectivity index is 1.89. The molecule has 0 bridgehead atoms. The summed E-state index contributed by atoms with van der Waals surface area (Å²) < 4.78 is 13.6. The van der Waals surface area contributed by atoms with Crippen molar-refractivity contribution in [2.45, 2.75) is 6.04 Å². The zero-order chi connectivity index (χ0) is 23.0. The van der Waals surface area contributed by atoms with Gasteiger partial charge in [0.2, 0.25) is 5.91 Å². The molecular formula is C22H14Cl2FN3O4. The van der Waals surface area contributed by atoms with Gasteiger partial charge < -0.3 is 10.2 Å². The van der Waals surface area contributed by atoms with Crippen LogP contribution in [0.4, 0.5) is 15.8 Å². The molecule has 0 saturated heterocycles. The highest BCUT2D eigenvalue weighted by Gasteiger charge is 2.34. The van der Waals surface area contributed by atoms with Crippen molar-refractivity contribution in [1.29, 1.82) is 0 Å². The van der Waals surface area contributed by atoms with Crippen LogP contribution in [0.5, 0.6) is 0 Å². The molecule has 7 nitrogen and oxygen atoms in total. The van der Waals surface area contributed by atoms with E-state index in [1.54, 1.807) is 18.2 Å². The van der Waals surface area contributed by atoms with Crippen molar-refractivity contribution in [2.24, 2.45) is 0 Å². The van der Waals surface area contributed by atoms with Crippen molar-refractivity contribution >= 4 is 46.4 Å². The number of amides is 2. The van der Waals surface area contributed by atoms with Crippen LogP contribution in [0.1, 0.15) is 27.5 Å². The summed E-state index contributed by atoms with van der Waals surface area (Å²) in [6.07, 6.45) is 0. The number of hydrogen-bond acceptors (Lipinski definition) is 4. The third-order valence-electron chi connectivity index (χ3n) is 5.04. The fraction of sp³-hybridized carbons (Fsp3) is 0.0909. The lowest BCUT2D eigenvalue weighted by Gasteiger charge is -2.30. The highest BCUT2D eigenvalue weighted by Crippen LogP contribution is 2.38. The average Bonchev–Trinajstić information content (AvgIpc) is 2.89. The summed E-state index contributed by atoms with van der Waals surface area (Å²) in [5.41, 5.74) is 1.05. The van der Waals surface area contributed by atoms with Gasteiger partial charge in [0.05, 0.1) is 11.0 Å². The van der Waals surface area contributed by atoms with E-state index in [1.807, 2.05) is 0 Å². The van der Waals surface area contributed by atoms with E-state index in [1.165, 1.54) is 41.3 Å². The monoisotopic (exact) mass is 473 g/mol.